The van der Waals surface area contributed by atoms with Crippen LogP contribution in [-0.4, -0.2) is 11.5 Å². The third kappa shape index (κ3) is 3.87. The number of hydrogen-bond donors (Lipinski definition) is 1. The van der Waals surface area contributed by atoms with E-state index in [0.717, 1.165) is 35.8 Å². The molecule has 0 saturated carbocycles. The van der Waals surface area contributed by atoms with Crippen molar-refractivity contribution in [1.29, 1.82) is 0 Å². The molecule has 1 aromatic heterocycles. The molecule has 0 saturated heterocycles. The standard InChI is InChI=1S/C16H21FN2S/c1-4-18-10-15-14(8-11(2)3)19-16(20-15)12-6-5-7-13(17)9-12/h5-7,9,11,18H,4,8,10H2,1-3H3. The highest BCUT2D eigenvalue weighted by molar-refractivity contribution is 7.15. The Labute approximate surface area is 124 Å². The van der Waals surface area contributed by atoms with Gasteiger partial charge in [-0.15, -0.1) is 11.3 Å². The molecular formula is C16H21FN2S. The quantitative estimate of drug-likeness (QED) is 0.860. The Morgan fingerprint density at radius 2 is 2.15 bits per heavy atom. The van der Waals surface area contributed by atoms with E-state index in [1.165, 1.54) is 10.9 Å². The lowest BCUT2D eigenvalue weighted by Crippen LogP contribution is -2.12. The molecule has 0 spiro atoms. The molecule has 0 radical (unpaired) electrons. The van der Waals surface area contributed by atoms with E-state index in [2.05, 4.69) is 26.1 Å². The van der Waals surface area contributed by atoms with E-state index in [1.54, 1.807) is 23.5 Å². The molecule has 1 N–H and O–H groups in total. The minimum atomic E-state index is -0.212. The molecule has 108 valence electrons. The summed E-state index contributed by atoms with van der Waals surface area (Å²) in [5.74, 6) is 0.356. The van der Waals surface area contributed by atoms with Gasteiger partial charge in [-0.25, -0.2) is 9.37 Å². The van der Waals surface area contributed by atoms with Crippen LogP contribution in [0.5, 0.6) is 0 Å². The van der Waals surface area contributed by atoms with Crippen molar-refractivity contribution in [3.8, 4) is 10.6 Å². The highest BCUT2D eigenvalue weighted by Crippen LogP contribution is 2.29. The molecule has 0 atom stereocenters. The maximum absolute atomic E-state index is 13.3. The lowest BCUT2D eigenvalue weighted by atomic mass is 10.1. The van der Waals surface area contributed by atoms with Crippen LogP contribution in [0.1, 0.15) is 31.3 Å². The number of halogens is 1. The summed E-state index contributed by atoms with van der Waals surface area (Å²) in [5.41, 5.74) is 2.01. The molecule has 0 aliphatic heterocycles. The molecule has 0 aliphatic rings. The first-order valence-corrected chi connectivity index (χ1v) is 7.87. The summed E-state index contributed by atoms with van der Waals surface area (Å²) in [4.78, 5) is 5.99. The molecule has 0 amide bonds. The fourth-order valence-corrected chi connectivity index (χ4v) is 3.11. The Morgan fingerprint density at radius 1 is 1.35 bits per heavy atom. The zero-order valence-electron chi connectivity index (χ0n) is 12.2. The van der Waals surface area contributed by atoms with Crippen molar-refractivity contribution in [3.05, 3.63) is 40.7 Å². The first kappa shape index (κ1) is 15.1. The highest BCUT2D eigenvalue weighted by atomic mass is 32.1. The van der Waals surface area contributed by atoms with Gasteiger partial charge in [-0.2, -0.15) is 0 Å². The van der Waals surface area contributed by atoms with Gasteiger partial charge in [-0.3, -0.25) is 0 Å². The van der Waals surface area contributed by atoms with Crippen molar-refractivity contribution in [3.63, 3.8) is 0 Å². The van der Waals surface area contributed by atoms with Crippen LogP contribution in [0.3, 0.4) is 0 Å². The van der Waals surface area contributed by atoms with E-state index >= 15 is 0 Å². The van der Waals surface area contributed by atoms with Gasteiger partial charge < -0.3 is 5.32 Å². The predicted molar refractivity (Wildman–Crippen MR) is 83.4 cm³/mol. The normalized spacial score (nSPS) is 11.2. The van der Waals surface area contributed by atoms with Crippen molar-refractivity contribution in [2.45, 2.75) is 33.7 Å². The number of thiazole rings is 1. The third-order valence-electron chi connectivity index (χ3n) is 2.99. The lowest BCUT2D eigenvalue weighted by molar-refractivity contribution is 0.626. The van der Waals surface area contributed by atoms with E-state index in [-0.39, 0.29) is 5.82 Å². The summed E-state index contributed by atoms with van der Waals surface area (Å²) in [6.07, 6.45) is 0.965. The molecule has 20 heavy (non-hydrogen) atoms. The monoisotopic (exact) mass is 292 g/mol. The minimum absolute atomic E-state index is 0.212. The lowest BCUT2D eigenvalue weighted by Gasteiger charge is -2.04. The number of aromatic nitrogens is 1. The van der Waals surface area contributed by atoms with Gasteiger partial charge in [0.15, 0.2) is 0 Å². The van der Waals surface area contributed by atoms with Gasteiger partial charge in [0.05, 0.1) is 5.69 Å². The Morgan fingerprint density at radius 3 is 2.80 bits per heavy atom. The smallest absolute Gasteiger partial charge is 0.124 e. The maximum Gasteiger partial charge on any atom is 0.124 e. The van der Waals surface area contributed by atoms with Gasteiger partial charge >= 0.3 is 0 Å². The van der Waals surface area contributed by atoms with Crippen LogP contribution in [0.2, 0.25) is 0 Å². The predicted octanol–water partition coefficient (Wildman–Crippen LogP) is 4.26. The van der Waals surface area contributed by atoms with E-state index in [0.29, 0.717) is 5.92 Å². The zero-order valence-corrected chi connectivity index (χ0v) is 13.1. The average Bonchev–Trinajstić information content (AvgIpc) is 2.78. The van der Waals surface area contributed by atoms with Crippen molar-refractivity contribution < 1.29 is 4.39 Å². The molecule has 0 aliphatic carbocycles. The molecule has 0 unspecified atom stereocenters. The van der Waals surface area contributed by atoms with Crippen molar-refractivity contribution in [2.75, 3.05) is 6.54 Å². The average molecular weight is 292 g/mol. The fourth-order valence-electron chi connectivity index (χ4n) is 2.05. The summed E-state index contributed by atoms with van der Waals surface area (Å²) in [6, 6.07) is 6.66. The van der Waals surface area contributed by atoms with Gasteiger partial charge in [0.1, 0.15) is 10.8 Å². The second-order valence-corrected chi connectivity index (χ2v) is 6.36. The molecule has 0 fully saturated rings. The summed E-state index contributed by atoms with van der Waals surface area (Å²) >= 11 is 1.66. The topological polar surface area (TPSA) is 24.9 Å². The van der Waals surface area contributed by atoms with Crippen LogP contribution >= 0.6 is 11.3 Å². The largest absolute Gasteiger partial charge is 0.312 e. The molecule has 0 bridgehead atoms. The Balaban J connectivity index is 2.32. The van der Waals surface area contributed by atoms with Crippen LogP contribution in [-0.2, 0) is 13.0 Å². The molecule has 1 aromatic carbocycles. The summed E-state index contributed by atoms with van der Waals surface area (Å²) < 4.78 is 13.3. The Bertz CT molecular complexity index is 563. The first-order valence-electron chi connectivity index (χ1n) is 7.05. The van der Waals surface area contributed by atoms with Crippen LogP contribution in [0.15, 0.2) is 24.3 Å². The van der Waals surface area contributed by atoms with Gasteiger partial charge in [0.25, 0.3) is 0 Å². The van der Waals surface area contributed by atoms with Gasteiger partial charge in [-0.1, -0.05) is 32.9 Å². The van der Waals surface area contributed by atoms with Crippen LogP contribution in [0, 0.1) is 11.7 Å². The SMILES string of the molecule is CCNCc1sc(-c2cccc(F)c2)nc1CC(C)C. The van der Waals surface area contributed by atoms with Crippen molar-refractivity contribution in [1.82, 2.24) is 10.3 Å². The minimum Gasteiger partial charge on any atom is -0.312 e. The summed E-state index contributed by atoms with van der Waals surface area (Å²) in [5, 5.41) is 4.26. The van der Waals surface area contributed by atoms with E-state index in [1.807, 2.05) is 6.07 Å². The maximum atomic E-state index is 13.3. The van der Waals surface area contributed by atoms with Gasteiger partial charge in [0, 0.05) is 17.0 Å². The van der Waals surface area contributed by atoms with E-state index in [9.17, 15) is 4.39 Å². The Hall–Kier alpha value is -1.26. The van der Waals surface area contributed by atoms with Crippen LogP contribution in [0.4, 0.5) is 4.39 Å². The summed E-state index contributed by atoms with van der Waals surface area (Å²) in [6.45, 7) is 8.26. The highest BCUT2D eigenvalue weighted by Gasteiger charge is 2.13. The van der Waals surface area contributed by atoms with Crippen LogP contribution < -0.4 is 5.32 Å². The van der Waals surface area contributed by atoms with Gasteiger partial charge in [0.2, 0.25) is 0 Å². The molecule has 2 nitrogen and oxygen atoms in total. The first-order chi connectivity index (χ1) is 9.60. The number of benzene rings is 1. The molecular weight excluding hydrogens is 271 g/mol. The molecule has 1 heterocycles. The molecule has 4 heteroatoms. The fraction of sp³-hybridized carbons (Fsp3) is 0.438. The van der Waals surface area contributed by atoms with E-state index in [4.69, 9.17) is 4.98 Å². The third-order valence-corrected chi connectivity index (χ3v) is 4.13. The number of nitrogens with one attached hydrogen (secondary N) is 1. The number of hydrogen-bond acceptors (Lipinski definition) is 3. The van der Waals surface area contributed by atoms with Crippen LogP contribution in [0.25, 0.3) is 10.6 Å². The number of rotatable bonds is 6. The molecule has 2 aromatic rings. The number of nitrogens with zero attached hydrogens (tertiary/aromatic N) is 1. The van der Waals surface area contributed by atoms with Crippen molar-refractivity contribution in [2.24, 2.45) is 5.92 Å². The summed E-state index contributed by atoms with van der Waals surface area (Å²) in [7, 11) is 0. The second-order valence-electron chi connectivity index (χ2n) is 5.28. The Kier molecular flexibility index (Phi) is 5.26. The van der Waals surface area contributed by atoms with Crippen molar-refractivity contribution >= 4 is 11.3 Å². The second kappa shape index (κ2) is 6.95. The van der Waals surface area contributed by atoms with E-state index < -0.39 is 0 Å². The molecule has 2 rings (SSSR count). The van der Waals surface area contributed by atoms with Gasteiger partial charge in [-0.05, 0) is 31.0 Å². The zero-order chi connectivity index (χ0) is 14.5.